The van der Waals surface area contributed by atoms with Gasteiger partial charge in [-0.1, -0.05) is 0 Å². The van der Waals surface area contributed by atoms with E-state index in [0.717, 1.165) is 0 Å². The summed E-state index contributed by atoms with van der Waals surface area (Å²) in [6, 6.07) is 0. The van der Waals surface area contributed by atoms with Crippen LogP contribution in [0.4, 0.5) is 0 Å². The fraction of sp³-hybridized carbons (Fsp3) is 0.500. The first-order valence-electron chi connectivity index (χ1n) is 3.18. The minimum atomic E-state index is -1.79. The van der Waals surface area contributed by atoms with Crippen molar-refractivity contribution < 1.29 is 30.0 Å². The van der Waals surface area contributed by atoms with Gasteiger partial charge in [-0.15, -0.1) is 0 Å². The fourth-order valence-corrected chi connectivity index (χ4v) is 0.791. The average molecular weight is 176 g/mol. The third kappa shape index (κ3) is 1.27. The molecule has 0 saturated carbocycles. The Labute approximate surface area is 67.3 Å². The number of aliphatic hydroxyl groups excluding tert-OH is 4. The van der Waals surface area contributed by atoms with Gasteiger partial charge in [-0.25, -0.2) is 4.79 Å². The molecular formula is C6H8O6. The third-order valence-electron chi connectivity index (χ3n) is 1.47. The van der Waals surface area contributed by atoms with E-state index in [4.69, 9.17) is 20.4 Å². The molecule has 0 spiro atoms. The van der Waals surface area contributed by atoms with Gasteiger partial charge in [0.25, 0.3) is 0 Å². The number of cyclic esters (lactones) is 1. The summed E-state index contributed by atoms with van der Waals surface area (Å²) in [5.41, 5.74) is 0. The van der Waals surface area contributed by atoms with Gasteiger partial charge in [0.2, 0.25) is 0 Å². The smallest absolute Gasteiger partial charge is 0.343 e. The summed E-state index contributed by atoms with van der Waals surface area (Å²) in [7, 11) is 0. The van der Waals surface area contributed by atoms with Gasteiger partial charge in [0.15, 0.2) is 23.7 Å². The van der Waals surface area contributed by atoms with Crippen LogP contribution < -0.4 is 0 Å². The molecule has 0 fully saturated rings. The van der Waals surface area contributed by atoms with Gasteiger partial charge in [-0.05, 0) is 0 Å². The molecule has 68 valence electrons. The second-order valence-electron chi connectivity index (χ2n) is 2.28. The van der Waals surface area contributed by atoms with Gasteiger partial charge in [-0.2, -0.15) is 0 Å². The maximum absolute atomic E-state index is 10.6. The van der Waals surface area contributed by atoms with E-state index < -0.39 is 36.3 Å². The van der Waals surface area contributed by atoms with Crippen LogP contribution in [-0.2, 0) is 9.53 Å². The quantitative estimate of drug-likeness (QED) is 0.345. The zero-order chi connectivity index (χ0) is 9.30. The first-order chi connectivity index (χ1) is 5.57. The van der Waals surface area contributed by atoms with Crippen molar-refractivity contribution in [1.82, 2.24) is 0 Å². The molecular weight excluding hydrogens is 168 g/mol. The van der Waals surface area contributed by atoms with E-state index in [1.807, 2.05) is 0 Å². The Morgan fingerprint density at radius 2 is 1.92 bits per heavy atom. The minimum absolute atomic E-state index is 0.433. The van der Waals surface area contributed by atoms with Crippen LogP contribution in [0.5, 0.6) is 0 Å². The van der Waals surface area contributed by atoms with Gasteiger partial charge in [-0.3, -0.25) is 0 Å². The molecule has 1 heterocycles. The van der Waals surface area contributed by atoms with Crippen LogP contribution in [-0.4, -0.2) is 45.2 Å². The predicted octanol–water partition coefficient (Wildman–Crippen LogP) is -1.97. The van der Waals surface area contributed by atoms with Gasteiger partial charge in [0.05, 0.1) is 0 Å². The average Bonchev–Trinajstić information content (AvgIpc) is 2.08. The second kappa shape index (κ2) is 3.10. The summed E-state index contributed by atoms with van der Waals surface area (Å²) in [5.74, 6) is -2.24. The highest BCUT2D eigenvalue weighted by molar-refractivity contribution is 5.78. The molecule has 0 amide bonds. The van der Waals surface area contributed by atoms with Crippen molar-refractivity contribution in [2.45, 2.75) is 12.2 Å². The van der Waals surface area contributed by atoms with E-state index >= 15 is 0 Å². The van der Waals surface area contributed by atoms with Crippen LogP contribution in [0, 0.1) is 0 Å². The van der Waals surface area contributed by atoms with Crippen molar-refractivity contribution in [2.75, 3.05) is 6.61 Å². The molecule has 1 aliphatic heterocycles. The summed E-state index contributed by atoms with van der Waals surface area (Å²) in [6.07, 6.45) is -3.51. The summed E-state index contributed by atoms with van der Waals surface area (Å²) >= 11 is 0. The fourth-order valence-electron chi connectivity index (χ4n) is 0.791. The molecule has 0 unspecified atom stereocenters. The van der Waals surface area contributed by atoms with Crippen molar-refractivity contribution >= 4 is 5.97 Å². The van der Waals surface area contributed by atoms with Crippen LogP contribution in [0.15, 0.2) is 11.5 Å². The minimum Gasteiger partial charge on any atom is -0.506 e. The molecule has 0 saturated heterocycles. The number of rotatable bonds is 1. The molecule has 1 rings (SSSR count). The highest BCUT2D eigenvalue weighted by Crippen LogP contribution is 2.18. The standard InChI is InChI=1S/C6H8O6/c7-1-2-3(8)4(9)5(10)6(11)12-2/h4-5,7-10H,1H2/t4-,5+/m0/s1. The van der Waals surface area contributed by atoms with Gasteiger partial charge in [0.1, 0.15) is 6.61 Å². The highest BCUT2D eigenvalue weighted by atomic mass is 16.6. The lowest BCUT2D eigenvalue weighted by Gasteiger charge is -2.23. The molecule has 0 aromatic heterocycles. The molecule has 0 bridgehead atoms. The van der Waals surface area contributed by atoms with E-state index in [1.165, 1.54) is 0 Å². The maximum Gasteiger partial charge on any atom is 0.343 e. The van der Waals surface area contributed by atoms with Crippen LogP contribution >= 0.6 is 0 Å². The predicted molar refractivity (Wildman–Crippen MR) is 34.8 cm³/mol. The second-order valence-corrected chi connectivity index (χ2v) is 2.28. The lowest BCUT2D eigenvalue weighted by atomic mass is 10.1. The van der Waals surface area contributed by atoms with Crippen molar-refractivity contribution in [3.8, 4) is 0 Å². The normalized spacial score (nSPS) is 30.4. The van der Waals surface area contributed by atoms with Crippen LogP contribution in [0.25, 0.3) is 0 Å². The van der Waals surface area contributed by atoms with Crippen molar-refractivity contribution in [3.05, 3.63) is 11.5 Å². The summed E-state index contributed by atoms with van der Waals surface area (Å²) in [4.78, 5) is 10.6. The number of hydrogen-bond donors (Lipinski definition) is 4. The first kappa shape index (κ1) is 8.98. The lowest BCUT2D eigenvalue weighted by Crippen LogP contribution is -2.41. The number of aliphatic hydroxyl groups is 4. The molecule has 2 atom stereocenters. The molecule has 0 aromatic rings. The number of esters is 1. The zero-order valence-corrected chi connectivity index (χ0v) is 5.97. The summed E-state index contributed by atoms with van der Waals surface area (Å²) in [5, 5.41) is 35.2. The zero-order valence-electron chi connectivity index (χ0n) is 5.97. The first-order valence-corrected chi connectivity index (χ1v) is 3.18. The summed E-state index contributed by atoms with van der Waals surface area (Å²) < 4.78 is 4.26. The Hall–Kier alpha value is -1.11. The molecule has 1 aliphatic rings. The SMILES string of the molecule is O=C1OC(CO)=C(O)[C@H](O)[C@H]1O. The molecule has 4 N–H and O–H groups in total. The Bertz CT molecular complexity index is 232. The molecule has 6 heteroatoms. The van der Waals surface area contributed by atoms with Crippen molar-refractivity contribution in [1.29, 1.82) is 0 Å². The Kier molecular flexibility index (Phi) is 2.32. The van der Waals surface area contributed by atoms with E-state index in [-0.39, 0.29) is 0 Å². The molecule has 12 heavy (non-hydrogen) atoms. The number of ether oxygens (including phenoxy) is 1. The van der Waals surface area contributed by atoms with Crippen LogP contribution in [0.3, 0.4) is 0 Å². The Morgan fingerprint density at radius 3 is 2.42 bits per heavy atom. The third-order valence-corrected chi connectivity index (χ3v) is 1.47. The lowest BCUT2D eigenvalue weighted by molar-refractivity contribution is -0.161. The van der Waals surface area contributed by atoms with Crippen LogP contribution in [0.2, 0.25) is 0 Å². The molecule has 6 nitrogen and oxygen atoms in total. The van der Waals surface area contributed by atoms with E-state index in [0.29, 0.717) is 0 Å². The van der Waals surface area contributed by atoms with E-state index in [1.54, 1.807) is 0 Å². The van der Waals surface area contributed by atoms with Gasteiger partial charge in [0, 0.05) is 0 Å². The Morgan fingerprint density at radius 1 is 1.33 bits per heavy atom. The summed E-state index contributed by atoms with van der Waals surface area (Å²) in [6.45, 7) is -0.707. The monoisotopic (exact) mass is 176 g/mol. The number of hydrogen-bond acceptors (Lipinski definition) is 6. The Balaban J connectivity index is 2.95. The number of carbonyl (C=O) groups is 1. The van der Waals surface area contributed by atoms with Gasteiger partial charge < -0.3 is 25.2 Å². The molecule has 0 aromatic carbocycles. The van der Waals surface area contributed by atoms with E-state index in [9.17, 15) is 4.79 Å². The van der Waals surface area contributed by atoms with Crippen molar-refractivity contribution in [2.24, 2.45) is 0 Å². The maximum atomic E-state index is 10.6. The number of carbonyl (C=O) groups excluding carboxylic acids is 1. The molecule has 0 radical (unpaired) electrons. The molecule has 0 aliphatic carbocycles. The van der Waals surface area contributed by atoms with Gasteiger partial charge >= 0.3 is 5.97 Å². The van der Waals surface area contributed by atoms with Crippen molar-refractivity contribution in [3.63, 3.8) is 0 Å². The topological polar surface area (TPSA) is 107 Å². The highest BCUT2D eigenvalue weighted by Gasteiger charge is 2.36. The largest absolute Gasteiger partial charge is 0.506 e. The van der Waals surface area contributed by atoms with Crippen LogP contribution in [0.1, 0.15) is 0 Å². The van der Waals surface area contributed by atoms with E-state index in [2.05, 4.69) is 4.74 Å².